The van der Waals surface area contributed by atoms with Crippen LogP contribution in [0.4, 0.5) is 0 Å². The highest BCUT2D eigenvalue weighted by Crippen LogP contribution is 2.40. The summed E-state index contributed by atoms with van der Waals surface area (Å²) in [5.74, 6) is -0.352. The summed E-state index contributed by atoms with van der Waals surface area (Å²) in [6.45, 7) is 6.13. The second-order valence-electron chi connectivity index (χ2n) is 5.63. The second-order valence-corrected chi connectivity index (χ2v) is 5.63. The lowest BCUT2D eigenvalue weighted by atomic mass is 9.75. The molecule has 0 heterocycles. The van der Waals surface area contributed by atoms with Gasteiger partial charge in [-0.3, -0.25) is 9.59 Å². The van der Waals surface area contributed by atoms with Crippen LogP contribution in [0.2, 0.25) is 0 Å². The molecule has 0 aliphatic heterocycles. The third kappa shape index (κ3) is 3.97. The number of carbonyl (C=O) groups is 2. The van der Waals surface area contributed by atoms with E-state index in [2.05, 4.69) is 0 Å². The highest BCUT2D eigenvalue weighted by atomic mass is 16.6. The molecule has 1 saturated carbocycles. The minimum Gasteiger partial charge on any atom is -0.465 e. The minimum atomic E-state index is -1.09. The summed E-state index contributed by atoms with van der Waals surface area (Å²) in [6.07, 6.45) is 6.45. The molecule has 20 heavy (non-hydrogen) atoms. The summed E-state index contributed by atoms with van der Waals surface area (Å²) in [5.41, 5.74) is -1.09. The van der Waals surface area contributed by atoms with Gasteiger partial charge >= 0.3 is 11.9 Å². The zero-order valence-corrected chi connectivity index (χ0v) is 13.1. The molecule has 1 aliphatic carbocycles. The van der Waals surface area contributed by atoms with Crippen LogP contribution in [0, 0.1) is 11.3 Å². The molecule has 0 amide bonds. The maximum Gasteiger partial charge on any atom is 0.323 e. The average Bonchev–Trinajstić information content (AvgIpc) is 2.91. The maximum atomic E-state index is 12.4. The number of carbonyl (C=O) groups excluding carboxylic acids is 2. The van der Waals surface area contributed by atoms with Crippen LogP contribution in [0.1, 0.15) is 65.7 Å². The summed E-state index contributed by atoms with van der Waals surface area (Å²) < 4.78 is 10.4. The van der Waals surface area contributed by atoms with Crippen molar-refractivity contribution in [2.24, 2.45) is 11.3 Å². The van der Waals surface area contributed by atoms with Crippen LogP contribution in [0.15, 0.2) is 0 Å². The SMILES string of the molecule is CCCC(CC1CCCC1)(C(=O)OCC)C(=O)OCC. The van der Waals surface area contributed by atoms with Gasteiger partial charge in [0.15, 0.2) is 5.41 Å². The Morgan fingerprint density at radius 2 is 1.50 bits per heavy atom. The van der Waals surface area contributed by atoms with E-state index in [4.69, 9.17) is 9.47 Å². The molecule has 0 unspecified atom stereocenters. The number of esters is 2. The van der Waals surface area contributed by atoms with Gasteiger partial charge in [0.1, 0.15) is 0 Å². The summed E-state index contributed by atoms with van der Waals surface area (Å²) in [5, 5.41) is 0. The van der Waals surface area contributed by atoms with Crippen molar-refractivity contribution < 1.29 is 19.1 Å². The van der Waals surface area contributed by atoms with E-state index in [-0.39, 0.29) is 0 Å². The highest BCUT2D eigenvalue weighted by molar-refractivity contribution is 6.00. The van der Waals surface area contributed by atoms with Gasteiger partial charge in [-0.1, -0.05) is 39.0 Å². The molecule has 0 spiro atoms. The quantitative estimate of drug-likeness (QED) is 0.506. The smallest absolute Gasteiger partial charge is 0.323 e. The van der Waals surface area contributed by atoms with Crippen molar-refractivity contribution >= 4 is 11.9 Å². The van der Waals surface area contributed by atoms with Crippen molar-refractivity contribution in [3.63, 3.8) is 0 Å². The molecule has 0 aromatic carbocycles. The lowest BCUT2D eigenvalue weighted by Gasteiger charge is -2.31. The van der Waals surface area contributed by atoms with Gasteiger partial charge in [0, 0.05) is 0 Å². The van der Waals surface area contributed by atoms with Crippen molar-refractivity contribution in [3.05, 3.63) is 0 Å². The van der Waals surface area contributed by atoms with E-state index in [1.54, 1.807) is 13.8 Å². The first-order chi connectivity index (χ1) is 9.60. The van der Waals surface area contributed by atoms with E-state index in [0.29, 0.717) is 32.0 Å². The van der Waals surface area contributed by atoms with E-state index in [0.717, 1.165) is 19.3 Å². The zero-order valence-electron chi connectivity index (χ0n) is 13.1. The van der Waals surface area contributed by atoms with Gasteiger partial charge in [-0.2, -0.15) is 0 Å². The van der Waals surface area contributed by atoms with Crippen LogP contribution in [0.3, 0.4) is 0 Å². The van der Waals surface area contributed by atoms with E-state index in [1.807, 2.05) is 6.92 Å². The number of rotatable bonds is 8. The molecule has 0 saturated heterocycles. The molecule has 0 aromatic heterocycles. The predicted molar refractivity (Wildman–Crippen MR) is 77.2 cm³/mol. The Hall–Kier alpha value is -1.06. The first-order valence-corrected chi connectivity index (χ1v) is 7.95. The van der Waals surface area contributed by atoms with Crippen molar-refractivity contribution in [2.75, 3.05) is 13.2 Å². The highest BCUT2D eigenvalue weighted by Gasteiger charge is 2.49. The van der Waals surface area contributed by atoms with Crippen LogP contribution < -0.4 is 0 Å². The van der Waals surface area contributed by atoms with E-state index in [9.17, 15) is 9.59 Å². The van der Waals surface area contributed by atoms with Gasteiger partial charge in [0.2, 0.25) is 0 Å². The maximum absolute atomic E-state index is 12.4. The Bertz CT molecular complexity index is 300. The Balaban J connectivity index is 2.96. The first-order valence-electron chi connectivity index (χ1n) is 7.95. The fourth-order valence-corrected chi connectivity index (χ4v) is 3.23. The molecule has 1 aliphatic rings. The monoisotopic (exact) mass is 284 g/mol. The van der Waals surface area contributed by atoms with Crippen molar-refractivity contribution in [1.82, 2.24) is 0 Å². The molecule has 0 aromatic rings. The van der Waals surface area contributed by atoms with E-state index >= 15 is 0 Å². The van der Waals surface area contributed by atoms with Crippen molar-refractivity contribution in [3.8, 4) is 0 Å². The standard InChI is InChI=1S/C16H28O4/c1-4-11-16(14(17)19-5-2,15(18)20-6-3)12-13-9-7-8-10-13/h13H,4-12H2,1-3H3. The van der Waals surface area contributed by atoms with Crippen molar-refractivity contribution in [1.29, 1.82) is 0 Å². The Labute approximate surface area is 122 Å². The number of hydrogen-bond donors (Lipinski definition) is 0. The molecule has 1 rings (SSSR count). The fraction of sp³-hybridized carbons (Fsp3) is 0.875. The van der Waals surface area contributed by atoms with Crippen LogP contribution >= 0.6 is 0 Å². The molecule has 1 fully saturated rings. The summed E-state index contributed by atoms with van der Waals surface area (Å²) >= 11 is 0. The largest absolute Gasteiger partial charge is 0.465 e. The normalized spacial score (nSPS) is 16.1. The zero-order chi connectivity index (χ0) is 15.0. The van der Waals surface area contributed by atoms with Crippen LogP contribution in [0.5, 0.6) is 0 Å². The van der Waals surface area contributed by atoms with Crippen molar-refractivity contribution in [2.45, 2.75) is 65.7 Å². The van der Waals surface area contributed by atoms with Gasteiger partial charge in [-0.05, 0) is 32.6 Å². The van der Waals surface area contributed by atoms with E-state index in [1.165, 1.54) is 12.8 Å². The van der Waals surface area contributed by atoms with Gasteiger partial charge in [0.05, 0.1) is 13.2 Å². The third-order valence-electron chi connectivity index (χ3n) is 4.12. The molecule has 0 radical (unpaired) electrons. The lowest BCUT2D eigenvalue weighted by molar-refractivity contribution is -0.174. The van der Waals surface area contributed by atoms with Gasteiger partial charge in [0.25, 0.3) is 0 Å². The lowest BCUT2D eigenvalue weighted by Crippen LogP contribution is -2.43. The summed E-state index contributed by atoms with van der Waals surface area (Å²) in [4.78, 5) is 24.9. The number of ether oxygens (including phenoxy) is 2. The van der Waals surface area contributed by atoms with Crippen LogP contribution in [0.25, 0.3) is 0 Å². The van der Waals surface area contributed by atoms with E-state index < -0.39 is 17.4 Å². The third-order valence-corrected chi connectivity index (χ3v) is 4.12. The summed E-state index contributed by atoms with van der Waals surface area (Å²) in [7, 11) is 0. The van der Waals surface area contributed by atoms with Gasteiger partial charge in [-0.25, -0.2) is 0 Å². The number of hydrogen-bond acceptors (Lipinski definition) is 4. The summed E-state index contributed by atoms with van der Waals surface area (Å²) in [6, 6.07) is 0. The van der Waals surface area contributed by atoms with Gasteiger partial charge in [-0.15, -0.1) is 0 Å². The fourth-order valence-electron chi connectivity index (χ4n) is 3.23. The van der Waals surface area contributed by atoms with Gasteiger partial charge < -0.3 is 9.47 Å². The van der Waals surface area contributed by atoms with Crippen LogP contribution in [-0.4, -0.2) is 25.2 Å². The predicted octanol–water partition coefficient (Wildman–Crippen LogP) is 3.48. The molecule has 116 valence electrons. The average molecular weight is 284 g/mol. The molecule has 0 atom stereocenters. The first kappa shape index (κ1) is 17.0. The Morgan fingerprint density at radius 3 is 1.90 bits per heavy atom. The Morgan fingerprint density at radius 1 is 1.00 bits per heavy atom. The Kier molecular flexibility index (Phi) is 7.03. The van der Waals surface area contributed by atoms with Crippen LogP contribution in [-0.2, 0) is 19.1 Å². The molecular weight excluding hydrogens is 256 g/mol. The topological polar surface area (TPSA) is 52.6 Å². The minimum absolute atomic E-state index is 0.300. The second kappa shape index (κ2) is 8.28. The molecule has 0 bridgehead atoms. The molecular formula is C16H28O4. The molecule has 4 heteroatoms. The molecule has 0 N–H and O–H groups in total. The molecule has 4 nitrogen and oxygen atoms in total.